The molecule has 4 rings (SSSR count). The number of methoxy groups -OCH3 is 2. The Morgan fingerprint density at radius 3 is 2.60 bits per heavy atom. The Balaban J connectivity index is 1.61. The molecule has 1 N–H and O–H groups in total. The van der Waals surface area contributed by atoms with Crippen molar-refractivity contribution in [1.82, 2.24) is 10.2 Å². The van der Waals surface area contributed by atoms with Gasteiger partial charge in [0.05, 0.1) is 25.7 Å². The zero-order valence-electron chi connectivity index (χ0n) is 16.5. The van der Waals surface area contributed by atoms with Crippen LogP contribution in [0.1, 0.15) is 41.4 Å². The van der Waals surface area contributed by atoms with Gasteiger partial charge >= 0.3 is 5.97 Å². The highest BCUT2D eigenvalue weighted by molar-refractivity contribution is 7.91. The van der Waals surface area contributed by atoms with Gasteiger partial charge in [-0.15, -0.1) is 0 Å². The second-order valence-electron chi connectivity index (χ2n) is 7.49. The summed E-state index contributed by atoms with van der Waals surface area (Å²) in [5.74, 6) is -0.989. The number of nitrogens with one attached hydrogen (secondary N) is 1. The van der Waals surface area contributed by atoms with Gasteiger partial charge in [0.15, 0.2) is 21.3 Å². The van der Waals surface area contributed by atoms with Crippen molar-refractivity contribution < 1.29 is 37.0 Å². The van der Waals surface area contributed by atoms with Gasteiger partial charge in [0.25, 0.3) is 0 Å². The number of ether oxygens (including phenoxy) is 3. The third-order valence-electron chi connectivity index (χ3n) is 5.66. The number of sulfone groups is 1. The van der Waals surface area contributed by atoms with Gasteiger partial charge in [-0.1, -0.05) is 0 Å². The van der Waals surface area contributed by atoms with Crippen molar-refractivity contribution in [3.8, 4) is 11.5 Å². The van der Waals surface area contributed by atoms with Crippen LogP contribution in [0, 0.1) is 0 Å². The first kappa shape index (κ1) is 20.5. The molecule has 0 radical (unpaired) electrons. The molecule has 0 bridgehead atoms. The molecule has 10 nitrogen and oxygen atoms in total. The number of benzene rings is 1. The van der Waals surface area contributed by atoms with Crippen molar-refractivity contribution in [1.29, 1.82) is 0 Å². The standard InChI is InChI=1S/C19H22N2O8S/c1-27-13-5-3-11-15(16(13)28-2)19(24)29-18(11)21-12(4-6-14(21)22)17(23)20-10-7-8-30(25,26)9-10/h3,5,10,12,18H,4,6-9H2,1-2H3,(H,20,23)/t10-,12+,18-/m0/s1. The summed E-state index contributed by atoms with van der Waals surface area (Å²) >= 11 is 0. The number of hydrogen-bond donors (Lipinski definition) is 1. The predicted molar refractivity (Wildman–Crippen MR) is 103 cm³/mol. The third kappa shape index (κ3) is 3.36. The van der Waals surface area contributed by atoms with E-state index in [-0.39, 0.29) is 41.6 Å². The molecule has 1 aromatic carbocycles. The fraction of sp³-hybridized carbons (Fsp3) is 0.526. The van der Waals surface area contributed by atoms with Crippen LogP contribution >= 0.6 is 0 Å². The van der Waals surface area contributed by atoms with Crippen LogP contribution in [-0.2, 0) is 24.2 Å². The monoisotopic (exact) mass is 438 g/mol. The smallest absolute Gasteiger partial charge is 0.344 e. The second kappa shape index (κ2) is 7.46. The van der Waals surface area contributed by atoms with Crippen molar-refractivity contribution in [2.24, 2.45) is 0 Å². The first-order valence-corrected chi connectivity index (χ1v) is 11.4. The van der Waals surface area contributed by atoms with Crippen LogP contribution in [-0.4, -0.2) is 68.9 Å². The van der Waals surface area contributed by atoms with E-state index in [1.807, 2.05) is 0 Å². The minimum atomic E-state index is -3.16. The van der Waals surface area contributed by atoms with E-state index >= 15 is 0 Å². The highest BCUT2D eigenvalue weighted by atomic mass is 32.2. The Morgan fingerprint density at radius 1 is 1.20 bits per heavy atom. The first-order valence-electron chi connectivity index (χ1n) is 9.53. The maximum atomic E-state index is 12.9. The molecule has 0 unspecified atom stereocenters. The van der Waals surface area contributed by atoms with E-state index in [4.69, 9.17) is 14.2 Å². The number of esters is 1. The molecule has 2 fully saturated rings. The highest BCUT2D eigenvalue weighted by Gasteiger charge is 2.48. The number of rotatable bonds is 5. The molecule has 3 aliphatic rings. The quantitative estimate of drug-likeness (QED) is 0.644. The lowest BCUT2D eigenvalue weighted by Gasteiger charge is -2.29. The van der Waals surface area contributed by atoms with Crippen molar-refractivity contribution in [2.75, 3.05) is 25.7 Å². The van der Waals surface area contributed by atoms with E-state index in [1.165, 1.54) is 19.1 Å². The molecule has 0 aliphatic carbocycles. The Labute approximate surface area is 173 Å². The van der Waals surface area contributed by atoms with Crippen molar-refractivity contribution in [3.63, 3.8) is 0 Å². The van der Waals surface area contributed by atoms with Gasteiger partial charge in [0.2, 0.25) is 18.0 Å². The summed E-state index contributed by atoms with van der Waals surface area (Å²) in [5.41, 5.74) is 0.566. The van der Waals surface area contributed by atoms with Gasteiger partial charge in [0.1, 0.15) is 11.6 Å². The number of nitrogens with zero attached hydrogens (tertiary/aromatic N) is 1. The molecule has 0 spiro atoms. The minimum Gasteiger partial charge on any atom is -0.493 e. The third-order valence-corrected chi connectivity index (χ3v) is 7.42. The largest absolute Gasteiger partial charge is 0.493 e. The number of amides is 2. The van der Waals surface area contributed by atoms with Crippen LogP contribution in [0.3, 0.4) is 0 Å². The van der Waals surface area contributed by atoms with Gasteiger partial charge in [-0.3, -0.25) is 14.5 Å². The lowest BCUT2D eigenvalue weighted by atomic mass is 10.0. The number of cyclic esters (lactones) is 1. The van der Waals surface area contributed by atoms with E-state index in [0.29, 0.717) is 17.7 Å². The van der Waals surface area contributed by atoms with Gasteiger partial charge in [-0.05, 0) is 25.0 Å². The van der Waals surface area contributed by atoms with Crippen LogP contribution in [0.4, 0.5) is 0 Å². The van der Waals surface area contributed by atoms with Crippen molar-refractivity contribution >= 4 is 27.6 Å². The molecule has 30 heavy (non-hydrogen) atoms. The van der Waals surface area contributed by atoms with Crippen LogP contribution in [0.5, 0.6) is 11.5 Å². The number of carbonyl (C=O) groups excluding carboxylic acids is 3. The van der Waals surface area contributed by atoms with E-state index < -0.39 is 40.0 Å². The molecule has 3 aliphatic heterocycles. The lowest BCUT2D eigenvalue weighted by Crippen LogP contribution is -2.49. The number of hydrogen-bond acceptors (Lipinski definition) is 8. The van der Waals surface area contributed by atoms with E-state index in [2.05, 4.69) is 5.32 Å². The summed E-state index contributed by atoms with van der Waals surface area (Å²) in [5, 5.41) is 2.73. The first-order chi connectivity index (χ1) is 14.3. The van der Waals surface area contributed by atoms with Crippen LogP contribution in [0.25, 0.3) is 0 Å². The van der Waals surface area contributed by atoms with Crippen molar-refractivity contribution in [3.05, 3.63) is 23.3 Å². The molecule has 0 aromatic heterocycles. The Morgan fingerprint density at radius 2 is 1.97 bits per heavy atom. The zero-order valence-corrected chi connectivity index (χ0v) is 17.4. The summed E-state index contributed by atoms with van der Waals surface area (Å²) in [4.78, 5) is 39.3. The summed E-state index contributed by atoms with van der Waals surface area (Å²) in [7, 11) is -0.322. The molecule has 3 heterocycles. The number of carbonyl (C=O) groups is 3. The Bertz CT molecular complexity index is 1020. The van der Waals surface area contributed by atoms with Gasteiger partial charge in [-0.2, -0.15) is 0 Å². The maximum Gasteiger partial charge on any atom is 0.344 e. The summed E-state index contributed by atoms with van der Waals surface area (Å²) < 4.78 is 39.3. The molecular weight excluding hydrogens is 416 g/mol. The normalized spacial score (nSPS) is 27.0. The number of likely N-dealkylation sites (tertiary alicyclic amines) is 1. The molecule has 1 aromatic rings. The maximum absolute atomic E-state index is 12.9. The van der Waals surface area contributed by atoms with Crippen LogP contribution in [0.2, 0.25) is 0 Å². The van der Waals surface area contributed by atoms with Gasteiger partial charge in [-0.25, -0.2) is 13.2 Å². The highest BCUT2D eigenvalue weighted by Crippen LogP contribution is 2.45. The summed E-state index contributed by atoms with van der Waals surface area (Å²) in [6.45, 7) is 0. The minimum absolute atomic E-state index is 0.0283. The molecule has 2 saturated heterocycles. The summed E-state index contributed by atoms with van der Waals surface area (Å²) in [6.07, 6.45) is -0.351. The van der Waals surface area contributed by atoms with E-state index in [0.717, 1.165) is 0 Å². The topological polar surface area (TPSA) is 128 Å². The fourth-order valence-electron chi connectivity index (χ4n) is 4.25. The molecule has 3 atom stereocenters. The second-order valence-corrected chi connectivity index (χ2v) is 9.72. The van der Waals surface area contributed by atoms with Gasteiger partial charge in [0, 0.05) is 18.0 Å². The Hall–Kier alpha value is -2.82. The van der Waals surface area contributed by atoms with E-state index in [1.54, 1.807) is 12.1 Å². The molecule has 162 valence electrons. The zero-order chi connectivity index (χ0) is 21.6. The van der Waals surface area contributed by atoms with E-state index in [9.17, 15) is 22.8 Å². The Kier molecular flexibility index (Phi) is 5.08. The fourth-order valence-corrected chi connectivity index (χ4v) is 5.92. The SMILES string of the molecule is COc1ccc2c(c1OC)C(=O)O[C@@H]2N1C(=O)CC[C@@H]1C(=O)N[C@H]1CCS(=O)(=O)C1. The van der Waals surface area contributed by atoms with Crippen LogP contribution < -0.4 is 14.8 Å². The average molecular weight is 438 g/mol. The molecule has 0 saturated carbocycles. The average Bonchev–Trinajstić information content (AvgIpc) is 3.35. The predicted octanol–water partition coefficient (Wildman–Crippen LogP) is 0.167. The molecule has 2 amide bonds. The summed E-state index contributed by atoms with van der Waals surface area (Å²) in [6, 6.07) is 1.86. The molecular formula is C19H22N2O8S. The lowest BCUT2D eigenvalue weighted by molar-refractivity contribution is -0.145. The number of fused-ring (bicyclic) bond motifs is 1. The molecule has 11 heteroatoms. The van der Waals surface area contributed by atoms with Gasteiger partial charge < -0.3 is 19.5 Å². The van der Waals surface area contributed by atoms with Crippen LogP contribution in [0.15, 0.2) is 12.1 Å². The van der Waals surface area contributed by atoms with Crippen molar-refractivity contribution in [2.45, 2.75) is 37.6 Å².